The monoisotopic (exact) mass is 500 g/mol. The normalized spacial score (nSPS) is 15.0. The van der Waals surface area contributed by atoms with Crippen LogP contribution in [-0.2, 0) is 21.8 Å². The van der Waals surface area contributed by atoms with Crippen molar-refractivity contribution in [1.82, 2.24) is 5.32 Å². The number of benzene rings is 2. The van der Waals surface area contributed by atoms with Crippen molar-refractivity contribution >= 4 is 15.7 Å². The minimum Gasteiger partial charge on any atom is -0.489 e. The summed E-state index contributed by atoms with van der Waals surface area (Å²) in [4.78, 5) is 12.2. The van der Waals surface area contributed by atoms with Crippen LogP contribution in [0, 0.1) is 0 Å². The summed E-state index contributed by atoms with van der Waals surface area (Å²) < 4.78 is 84.3. The lowest BCUT2D eigenvalue weighted by Crippen LogP contribution is -2.40. The summed E-state index contributed by atoms with van der Waals surface area (Å²) in [6.07, 6.45) is -2.16. The van der Waals surface area contributed by atoms with Crippen LogP contribution in [0.5, 0.6) is 5.75 Å². The Hall–Kier alpha value is -2.92. The maximum Gasteiger partial charge on any atom is 0.417 e. The van der Waals surface area contributed by atoms with Gasteiger partial charge in [-0.25, -0.2) is 12.8 Å². The zero-order valence-corrected chi connectivity index (χ0v) is 18.9. The maximum atomic E-state index is 13.6. The molecule has 0 aliphatic heterocycles. The van der Waals surface area contributed by atoms with E-state index < -0.39 is 38.8 Å². The van der Waals surface area contributed by atoms with Gasteiger partial charge < -0.3 is 15.8 Å². The third-order valence-electron chi connectivity index (χ3n) is 5.45. The Labute approximate surface area is 194 Å². The molecule has 0 heterocycles. The van der Waals surface area contributed by atoms with Crippen LogP contribution >= 0.6 is 0 Å². The molecule has 0 saturated heterocycles. The third-order valence-corrected chi connectivity index (χ3v) is 7.16. The average Bonchev–Trinajstić information content (AvgIpc) is 2.76. The lowest BCUT2D eigenvalue weighted by Gasteiger charge is -2.27. The fourth-order valence-corrected chi connectivity index (χ4v) is 4.62. The van der Waals surface area contributed by atoms with E-state index in [1.54, 1.807) is 0 Å². The first-order valence-electron chi connectivity index (χ1n) is 10.5. The smallest absolute Gasteiger partial charge is 0.417 e. The molecule has 2 aromatic rings. The lowest BCUT2D eigenvalue weighted by molar-refractivity contribution is -0.138. The molecule has 1 aliphatic rings. The van der Waals surface area contributed by atoms with E-state index in [4.69, 9.17) is 10.5 Å². The number of carbonyl (C=O) groups is 1. The number of amides is 1. The molecule has 1 saturated carbocycles. The van der Waals surface area contributed by atoms with Crippen LogP contribution < -0.4 is 15.8 Å². The van der Waals surface area contributed by atoms with E-state index in [1.807, 2.05) is 0 Å². The number of sulfone groups is 1. The van der Waals surface area contributed by atoms with Crippen molar-refractivity contribution < 1.29 is 35.5 Å². The quantitative estimate of drug-likeness (QED) is 0.504. The Balaban J connectivity index is 1.77. The van der Waals surface area contributed by atoms with Crippen molar-refractivity contribution in [2.75, 3.05) is 13.2 Å². The van der Waals surface area contributed by atoms with E-state index in [0.29, 0.717) is 25.2 Å². The van der Waals surface area contributed by atoms with Crippen LogP contribution in [0.3, 0.4) is 0 Å². The summed E-state index contributed by atoms with van der Waals surface area (Å²) in [7, 11) is -3.99. The van der Waals surface area contributed by atoms with Crippen molar-refractivity contribution in [2.24, 2.45) is 5.73 Å². The molecule has 0 aromatic heterocycles. The third kappa shape index (κ3) is 6.35. The highest BCUT2D eigenvalue weighted by molar-refractivity contribution is 7.90. The molecule has 184 valence electrons. The van der Waals surface area contributed by atoms with Gasteiger partial charge in [-0.1, -0.05) is 6.07 Å². The zero-order valence-electron chi connectivity index (χ0n) is 18.1. The molecule has 1 fully saturated rings. The molecule has 11 heteroatoms. The van der Waals surface area contributed by atoms with Crippen molar-refractivity contribution in [3.63, 3.8) is 0 Å². The zero-order chi connectivity index (χ0) is 24.9. The van der Waals surface area contributed by atoms with Gasteiger partial charge >= 0.3 is 6.18 Å². The van der Waals surface area contributed by atoms with Crippen LogP contribution in [0.1, 0.15) is 40.7 Å². The van der Waals surface area contributed by atoms with E-state index >= 15 is 0 Å². The predicted molar refractivity (Wildman–Crippen MR) is 118 cm³/mol. The summed E-state index contributed by atoms with van der Waals surface area (Å²) in [6.45, 7) is -0.149. The second-order valence-corrected chi connectivity index (χ2v) is 9.96. The SMILES string of the molecule is NCC(=CF)COc1ccc(S(=O)(=O)Cc2ccc(C(=O)NC3CCC3)c(C(F)(F)F)c2)cc1. The van der Waals surface area contributed by atoms with Gasteiger partial charge in [0.25, 0.3) is 5.91 Å². The van der Waals surface area contributed by atoms with Gasteiger partial charge in [0.2, 0.25) is 0 Å². The lowest BCUT2D eigenvalue weighted by atomic mass is 9.92. The number of rotatable bonds is 9. The van der Waals surface area contributed by atoms with Crippen molar-refractivity contribution in [2.45, 2.75) is 42.1 Å². The Morgan fingerprint density at radius 2 is 1.82 bits per heavy atom. The first-order valence-corrected chi connectivity index (χ1v) is 12.1. The molecule has 0 atom stereocenters. The van der Waals surface area contributed by atoms with Crippen LogP contribution in [-0.4, -0.2) is 33.5 Å². The van der Waals surface area contributed by atoms with Crippen LogP contribution in [0.4, 0.5) is 17.6 Å². The molecule has 0 spiro atoms. The van der Waals surface area contributed by atoms with Gasteiger partial charge in [-0.15, -0.1) is 0 Å². The molecule has 1 aliphatic carbocycles. The minimum atomic E-state index is -4.83. The fourth-order valence-electron chi connectivity index (χ4n) is 3.29. The molecule has 2 aromatic carbocycles. The van der Waals surface area contributed by atoms with Crippen LogP contribution in [0.2, 0.25) is 0 Å². The molecular weight excluding hydrogens is 476 g/mol. The Morgan fingerprint density at radius 3 is 2.35 bits per heavy atom. The molecule has 0 bridgehead atoms. The topological polar surface area (TPSA) is 98.5 Å². The largest absolute Gasteiger partial charge is 0.489 e. The number of halogens is 4. The van der Waals surface area contributed by atoms with Gasteiger partial charge in [0.05, 0.1) is 28.1 Å². The standard InChI is InChI=1S/C23H24F4N2O4S/c24-11-16(12-28)13-33-18-5-7-19(8-6-18)34(31,32)14-15-4-9-20(21(10-15)23(25,26)27)22(30)29-17-2-1-3-17/h4-11,17H,1-3,12-14,28H2,(H,29,30). The summed E-state index contributed by atoms with van der Waals surface area (Å²) in [6, 6.07) is 7.97. The summed E-state index contributed by atoms with van der Waals surface area (Å²) >= 11 is 0. The Bertz CT molecular complexity index is 1160. The van der Waals surface area contributed by atoms with E-state index in [0.717, 1.165) is 12.5 Å². The molecule has 0 radical (unpaired) electrons. The number of hydrogen-bond donors (Lipinski definition) is 2. The molecule has 34 heavy (non-hydrogen) atoms. The number of alkyl halides is 3. The van der Waals surface area contributed by atoms with E-state index in [-0.39, 0.29) is 41.0 Å². The highest BCUT2D eigenvalue weighted by atomic mass is 32.2. The van der Waals surface area contributed by atoms with E-state index in [1.165, 1.54) is 30.3 Å². The van der Waals surface area contributed by atoms with Crippen LogP contribution in [0.15, 0.2) is 59.3 Å². The molecule has 1 amide bonds. The minimum absolute atomic E-state index is 0.0378. The number of carbonyl (C=O) groups excluding carboxylic acids is 1. The van der Waals surface area contributed by atoms with Crippen LogP contribution in [0.25, 0.3) is 0 Å². The van der Waals surface area contributed by atoms with Crippen molar-refractivity contribution in [3.05, 3.63) is 71.1 Å². The second kappa shape index (κ2) is 10.6. The second-order valence-electron chi connectivity index (χ2n) is 7.97. The number of nitrogens with one attached hydrogen (secondary N) is 1. The molecular formula is C23H24F4N2O4S. The van der Waals surface area contributed by atoms with Crippen molar-refractivity contribution in [3.8, 4) is 5.75 Å². The highest BCUT2D eigenvalue weighted by Crippen LogP contribution is 2.34. The highest BCUT2D eigenvalue weighted by Gasteiger charge is 2.36. The average molecular weight is 501 g/mol. The van der Waals surface area contributed by atoms with Gasteiger partial charge in [0.15, 0.2) is 9.84 Å². The molecule has 0 unspecified atom stereocenters. The molecule has 3 N–H and O–H groups in total. The number of nitrogens with two attached hydrogens (primary N) is 1. The first-order chi connectivity index (χ1) is 16.0. The number of ether oxygens (including phenoxy) is 1. The van der Waals surface area contributed by atoms with Crippen molar-refractivity contribution in [1.29, 1.82) is 0 Å². The summed E-state index contributed by atoms with van der Waals surface area (Å²) in [5, 5.41) is 2.57. The predicted octanol–water partition coefficient (Wildman–Crippen LogP) is 4.15. The Morgan fingerprint density at radius 1 is 1.15 bits per heavy atom. The van der Waals surface area contributed by atoms with Gasteiger partial charge in [0, 0.05) is 18.2 Å². The molecule has 3 rings (SSSR count). The van der Waals surface area contributed by atoms with E-state index in [2.05, 4.69) is 5.32 Å². The fraction of sp³-hybridized carbons (Fsp3) is 0.348. The Kier molecular flexibility index (Phi) is 7.98. The summed E-state index contributed by atoms with van der Waals surface area (Å²) in [5.41, 5.74) is 3.72. The number of hydrogen-bond acceptors (Lipinski definition) is 5. The van der Waals surface area contributed by atoms with Gasteiger partial charge in [-0.3, -0.25) is 4.79 Å². The molecule has 6 nitrogen and oxygen atoms in total. The van der Waals surface area contributed by atoms with Gasteiger partial charge in [0.1, 0.15) is 12.4 Å². The first kappa shape index (κ1) is 25.7. The maximum absolute atomic E-state index is 13.6. The van der Waals surface area contributed by atoms with Gasteiger partial charge in [-0.05, 0) is 61.2 Å². The van der Waals surface area contributed by atoms with Gasteiger partial charge in [-0.2, -0.15) is 13.2 Å². The summed E-state index contributed by atoms with van der Waals surface area (Å²) in [5.74, 6) is -1.25. The van der Waals surface area contributed by atoms with E-state index in [9.17, 15) is 30.8 Å².